The quantitative estimate of drug-likeness (QED) is 0.539. The summed E-state index contributed by atoms with van der Waals surface area (Å²) in [7, 11) is -4.20. The number of benzene rings is 2. The molecule has 2 aromatic rings. The van der Waals surface area contributed by atoms with E-state index in [1.165, 1.54) is 32.0 Å². The number of aliphatic hydroxyl groups is 2. The zero-order valence-electron chi connectivity index (χ0n) is 19.9. The van der Waals surface area contributed by atoms with Crippen molar-refractivity contribution in [2.75, 3.05) is 0 Å². The average molecular weight is 473 g/mol. The number of carbonyl (C=O) groups is 1. The molecule has 0 unspecified atom stereocenters. The van der Waals surface area contributed by atoms with Crippen LogP contribution in [0.15, 0.2) is 35.2 Å². The fourth-order valence-electron chi connectivity index (χ4n) is 3.89. The minimum absolute atomic E-state index is 0.0386. The number of aliphatic hydroxyl groups excluding tert-OH is 1. The van der Waals surface area contributed by atoms with Crippen molar-refractivity contribution in [1.29, 1.82) is 5.26 Å². The predicted octanol–water partition coefficient (Wildman–Crippen LogP) is 3.57. The summed E-state index contributed by atoms with van der Waals surface area (Å²) in [4.78, 5) is 12.7. The van der Waals surface area contributed by atoms with Crippen molar-refractivity contribution < 1.29 is 23.4 Å². The van der Waals surface area contributed by atoms with E-state index in [1.807, 2.05) is 27.7 Å². The molecule has 2 rings (SSSR count). The highest BCUT2D eigenvalue weighted by atomic mass is 32.2. The summed E-state index contributed by atoms with van der Waals surface area (Å²) in [5.74, 6) is -0.617. The van der Waals surface area contributed by atoms with Gasteiger partial charge in [-0.15, -0.1) is 0 Å². The Morgan fingerprint density at radius 3 is 2.06 bits per heavy atom. The van der Waals surface area contributed by atoms with Crippen LogP contribution in [0.3, 0.4) is 0 Å². The lowest BCUT2D eigenvalue weighted by Gasteiger charge is -2.22. The zero-order valence-corrected chi connectivity index (χ0v) is 20.7. The minimum atomic E-state index is -4.20. The first-order valence-corrected chi connectivity index (χ1v) is 12.3. The van der Waals surface area contributed by atoms with Crippen LogP contribution in [0.5, 0.6) is 0 Å². The van der Waals surface area contributed by atoms with Crippen molar-refractivity contribution in [3.8, 4) is 6.07 Å². The second kappa shape index (κ2) is 10.0. The number of nitriles is 1. The molecule has 0 saturated carbocycles. The summed E-state index contributed by atoms with van der Waals surface area (Å²) in [6.07, 6.45) is -0.152. The number of rotatable bonds is 8. The summed E-state index contributed by atoms with van der Waals surface area (Å²) in [6.45, 7) is 10.4. The highest BCUT2D eigenvalue weighted by Gasteiger charge is 2.25. The van der Waals surface area contributed by atoms with Crippen molar-refractivity contribution in [2.45, 2.75) is 76.9 Å². The van der Waals surface area contributed by atoms with Gasteiger partial charge in [-0.05, 0) is 77.8 Å². The van der Waals surface area contributed by atoms with Gasteiger partial charge in [0.15, 0.2) is 0 Å². The van der Waals surface area contributed by atoms with Crippen LogP contribution in [-0.4, -0.2) is 24.5 Å². The summed E-state index contributed by atoms with van der Waals surface area (Å²) in [5.41, 5.74) is 2.29. The third-order valence-electron chi connectivity index (χ3n) is 5.49. The number of sulfonamides is 1. The van der Waals surface area contributed by atoms with E-state index in [1.54, 1.807) is 12.1 Å². The van der Waals surface area contributed by atoms with E-state index in [4.69, 9.17) is 0 Å². The van der Waals surface area contributed by atoms with Gasteiger partial charge in [0, 0.05) is 0 Å². The van der Waals surface area contributed by atoms with E-state index in [0.29, 0.717) is 11.1 Å². The second-order valence-electron chi connectivity index (χ2n) is 9.30. The third-order valence-corrected chi connectivity index (χ3v) is 6.86. The van der Waals surface area contributed by atoms with Crippen LogP contribution in [0, 0.1) is 11.3 Å². The summed E-state index contributed by atoms with van der Waals surface area (Å²) in [6, 6.07) is 9.62. The van der Waals surface area contributed by atoms with Gasteiger partial charge in [-0.1, -0.05) is 33.8 Å². The van der Waals surface area contributed by atoms with Crippen molar-refractivity contribution in [2.24, 2.45) is 0 Å². The lowest BCUT2D eigenvalue weighted by Crippen LogP contribution is -2.32. The number of nitrogens with one attached hydrogen (secondary N) is 1. The number of nitrogens with zero attached hydrogens (tertiary/aromatic N) is 1. The lowest BCUT2D eigenvalue weighted by atomic mass is 9.85. The predicted molar refractivity (Wildman–Crippen MR) is 126 cm³/mol. The Morgan fingerprint density at radius 1 is 1.09 bits per heavy atom. The molecular weight excluding hydrogens is 440 g/mol. The molecule has 0 aromatic heterocycles. The topological polar surface area (TPSA) is 127 Å². The molecule has 0 heterocycles. The van der Waals surface area contributed by atoms with Gasteiger partial charge in [-0.2, -0.15) is 5.26 Å². The van der Waals surface area contributed by atoms with E-state index >= 15 is 0 Å². The molecule has 178 valence electrons. The monoisotopic (exact) mass is 472 g/mol. The van der Waals surface area contributed by atoms with Gasteiger partial charge in [0.25, 0.3) is 10.0 Å². The largest absolute Gasteiger partial charge is 0.392 e. The first-order valence-electron chi connectivity index (χ1n) is 10.8. The van der Waals surface area contributed by atoms with Crippen molar-refractivity contribution >= 4 is 15.9 Å². The fraction of sp³-hybridized carbons (Fsp3) is 0.440. The maximum atomic E-state index is 12.9. The molecule has 2 aromatic carbocycles. The number of hydrogen-bond acceptors (Lipinski definition) is 6. The number of hydrogen-bond donors (Lipinski definition) is 3. The molecule has 0 aliphatic rings. The molecule has 0 fully saturated rings. The maximum Gasteiger partial charge on any atom is 0.264 e. The normalized spacial score (nSPS) is 12.2. The van der Waals surface area contributed by atoms with Crippen LogP contribution < -0.4 is 4.72 Å². The SMILES string of the molecule is CC(C)c1cc(C#N)cc(C(C)C)c1CC(=O)NS(=O)(=O)c1ccc(C(C)(C)O)c(CO)c1. The van der Waals surface area contributed by atoms with Gasteiger partial charge in [0.1, 0.15) is 0 Å². The molecular formula is C25H32N2O5S. The lowest BCUT2D eigenvalue weighted by molar-refractivity contribution is -0.118. The Morgan fingerprint density at radius 2 is 1.64 bits per heavy atom. The van der Waals surface area contributed by atoms with Crippen LogP contribution >= 0.6 is 0 Å². The average Bonchev–Trinajstić information content (AvgIpc) is 2.71. The molecule has 0 spiro atoms. The highest BCUT2D eigenvalue weighted by Crippen LogP contribution is 2.30. The van der Waals surface area contributed by atoms with Gasteiger partial charge < -0.3 is 10.2 Å². The maximum absolute atomic E-state index is 12.9. The smallest absolute Gasteiger partial charge is 0.264 e. The van der Waals surface area contributed by atoms with E-state index in [0.717, 1.165) is 16.7 Å². The minimum Gasteiger partial charge on any atom is -0.392 e. The van der Waals surface area contributed by atoms with Crippen LogP contribution in [0.2, 0.25) is 0 Å². The third kappa shape index (κ3) is 6.20. The van der Waals surface area contributed by atoms with Gasteiger partial charge in [-0.25, -0.2) is 13.1 Å². The molecule has 0 saturated heterocycles. The Bertz CT molecular complexity index is 1160. The molecule has 1 amide bonds. The zero-order chi connectivity index (χ0) is 25.1. The van der Waals surface area contributed by atoms with Gasteiger partial charge in [-0.3, -0.25) is 4.79 Å². The standard InChI is InChI=1S/C25H32N2O5S/c1-15(2)20-9-17(13-26)10-21(16(3)4)22(20)12-24(29)27-33(31,32)19-7-8-23(25(5,6)30)18(11-19)14-28/h7-11,15-16,28,30H,12,14H2,1-6H3,(H,27,29). The molecule has 8 heteroatoms. The molecule has 7 nitrogen and oxygen atoms in total. The van der Waals surface area contributed by atoms with Crippen molar-refractivity contribution in [3.63, 3.8) is 0 Å². The Kier molecular flexibility index (Phi) is 8.07. The molecule has 0 atom stereocenters. The van der Waals surface area contributed by atoms with Crippen molar-refractivity contribution in [1.82, 2.24) is 4.72 Å². The Labute approximate surface area is 196 Å². The molecule has 33 heavy (non-hydrogen) atoms. The molecule has 0 aliphatic heterocycles. The van der Waals surface area contributed by atoms with Gasteiger partial charge >= 0.3 is 0 Å². The van der Waals surface area contributed by atoms with E-state index < -0.39 is 28.1 Å². The molecule has 0 aliphatic carbocycles. The number of carbonyl (C=O) groups excluding carboxylic acids is 1. The molecule has 0 radical (unpaired) electrons. The number of amides is 1. The van der Waals surface area contributed by atoms with E-state index in [2.05, 4.69) is 10.8 Å². The highest BCUT2D eigenvalue weighted by molar-refractivity contribution is 7.90. The van der Waals surface area contributed by atoms with E-state index in [9.17, 15) is 28.7 Å². The van der Waals surface area contributed by atoms with E-state index in [-0.39, 0.29) is 28.7 Å². The first kappa shape index (κ1) is 26.5. The Balaban J connectivity index is 2.41. The Hall–Kier alpha value is -2.73. The van der Waals surface area contributed by atoms with Crippen molar-refractivity contribution in [3.05, 3.63) is 63.7 Å². The van der Waals surface area contributed by atoms with Crippen LogP contribution in [0.4, 0.5) is 0 Å². The second-order valence-corrected chi connectivity index (χ2v) is 11.0. The fourth-order valence-corrected chi connectivity index (χ4v) is 4.92. The molecule has 0 bridgehead atoms. The van der Waals surface area contributed by atoms with Gasteiger partial charge in [0.05, 0.1) is 35.2 Å². The van der Waals surface area contributed by atoms with Crippen LogP contribution in [-0.2, 0) is 33.4 Å². The summed E-state index contributed by atoms with van der Waals surface area (Å²) in [5, 5.41) is 29.2. The van der Waals surface area contributed by atoms with Crippen LogP contribution in [0.1, 0.15) is 86.8 Å². The van der Waals surface area contributed by atoms with Gasteiger partial charge in [0.2, 0.25) is 5.91 Å². The first-order chi connectivity index (χ1) is 15.2. The summed E-state index contributed by atoms with van der Waals surface area (Å²) < 4.78 is 27.9. The molecule has 3 N–H and O–H groups in total. The van der Waals surface area contributed by atoms with Crippen LogP contribution in [0.25, 0.3) is 0 Å². The summed E-state index contributed by atoms with van der Waals surface area (Å²) >= 11 is 0.